The van der Waals surface area contributed by atoms with E-state index >= 15 is 0 Å². The number of hydrogen-bond donors (Lipinski definition) is 1. The molecule has 1 aliphatic heterocycles. The number of hydrogen-bond acceptors (Lipinski definition) is 3. The Hall–Kier alpha value is -2.57. The molecule has 1 aromatic heterocycles. The first-order valence-corrected chi connectivity index (χ1v) is 7.76. The summed E-state index contributed by atoms with van der Waals surface area (Å²) in [6, 6.07) is 6.82. The molecule has 7 heteroatoms. The van der Waals surface area contributed by atoms with Crippen LogP contribution in [-0.4, -0.2) is 38.7 Å². The second kappa shape index (κ2) is 6.28. The number of fused-ring (bicyclic) bond motifs is 1. The van der Waals surface area contributed by atoms with Crippen molar-refractivity contribution in [2.75, 3.05) is 13.1 Å². The minimum Gasteiger partial charge on any atom is -0.465 e. The third-order valence-corrected chi connectivity index (χ3v) is 4.63. The van der Waals surface area contributed by atoms with Crippen LogP contribution in [0.25, 0.3) is 10.9 Å². The Balaban J connectivity index is 1.62. The lowest BCUT2D eigenvalue weighted by atomic mass is 9.94. The molecular weight excluding hydrogens is 298 g/mol. The highest BCUT2D eigenvalue weighted by atomic mass is 16.6. The molecule has 0 bridgehead atoms. The lowest BCUT2D eigenvalue weighted by molar-refractivity contribution is -0.384. The first kappa shape index (κ1) is 15.3. The average molecular weight is 317 g/mol. The smallest absolute Gasteiger partial charge is 0.407 e. The van der Waals surface area contributed by atoms with Crippen LogP contribution in [0.2, 0.25) is 0 Å². The average Bonchev–Trinajstić information content (AvgIpc) is 2.95. The predicted molar refractivity (Wildman–Crippen MR) is 85.5 cm³/mol. The van der Waals surface area contributed by atoms with E-state index in [1.807, 2.05) is 12.3 Å². The van der Waals surface area contributed by atoms with Crippen molar-refractivity contribution in [2.24, 2.45) is 5.92 Å². The molecule has 0 radical (unpaired) electrons. The van der Waals surface area contributed by atoms with Crippen LogP contribution in [0.1, 0.15) is 19.3 Å². The van der Waals surface area contributed by atoms with Crippen molar-refractivity contribution in [3.63, 3.8) is 0 Å². The van der Waals surface area contributed by atoms with Crippen molar-refractivity contribution in [1.29, 1.82) is 0 Å². The molecule has 2 aromatic rings. The summed E-state index contributed by atoms with van der Waals surface area (Å²) >= 11 is 0. The number of nitro benzene ring substituents is 1. The molecule has 122 valence electrons. The predicted octanol–water partition coefficient (Wildman–Crippen LogP) is 3.33. The first-order chi connectivity index (χ1) is 11.0. The molecule has 0 spiro atoms. The monoisotopic (exact) mass is 317 g/mol. The SMILES string of the molecule is O=C(O)N1CCC(CCn2ccc3cc([N+](=O)[O-])ccc32)CC1. The van der Waals surface area contributed by atoms with Gasteiger partial charge in [-0.3, -0.25) is 10.1 Å². The van der Waals surface area contributed by atoms with Gasteiger partial charge in [0.2, 0.25) is 0 Å². The molecule has 1 N–H and O–H groups in total. The van der Waals surface area contributed by atoms with E-state index in [2.05, 4.69) is 4.57 Å². The van der Waals surface area contributed by atoms with Crippen LogP contribution in [0, 0.1) is 16.0 Å². The largest absolute Gasteiger partial charge is 0.465 e. The molecule has 0 aliphatic carbocycles. The zero-order valence-electron chi connectivity index (χ0n) is 12.7. The lowest BCUT2D eigenvalue weighted by Crippen LogP contribution is -2.37. The van der Waals surface area contributed by atoms with E-state index in [4.69, 9.17) is 5.11 Å². The Labute approximate surface area is 133 Å². The molecule has 23 heavy (non-hydrogen) atoms. The summed E-state index contributed by atoms with van der Waals surface area (Å²) in [5, 5.41) is 20.6. The zero-order valence-corrected chi connectivity index (χ0v) is 12.7. The minimum atomic E-state index is -0.832. The van der Waals surface area contributed by atoms with Crippen LogP contribution < -0.4 is 0 Å². The normalized spacial score (nSPS) is 15.9. The molecule has 1 aromatic carbocycles. The summed E-state index contributed by atoms with van der Waals surface area (Å²) in [6.07, 6.45) is 3.92. The van der Waals surface area contributed by atoms with Crippen LogP contribution in [-0.2, 0) is 6.54 Å². The van der Waals surface area contributed by atoms with E-state index < -0.39 is 6.09 Å². The number of carboxylic acid groups (broad SMARTS) is 1. The Morgan fingerprint density at radius 1 is 1.30 bits per heavy atom. The third-order valence-electron chi connectivity index (χ3n) is 4.63. The Morgan fingerprint density at radius 2 is 2.04 bits per heavy atom. The Morgan fingerprint density at radius 3 is 2.70 bits per heavy atom. The van der Waals surface area contributed by atoms with Gasteiger partial charge in [0.15, 0.2) is 0 Å². The highest BCUT2D eigenvalue weighted by molar-refractivity contribution is 5.82. The number of carbonyl (C=O) groups is 1. The summed E-state index contributed by atoms with van der Waals surface area (Å²) in [5.74, 6) is 0.529. The van der Waals surface area contributed by atoms with Crippen molar-refractivity contribution in [3.05, 3.63) is 40.6 Å². The van der Waals surface area contributed by atoms with Crippen molar-refractivity contribution in [1.82, 2.24) is 9.47 Å². The topological polar surface area (TPSA) is 88.6 Å². The maximum absolute atomic E-state index is 10.9. The van der Waals surface area contributed by atoms with E-state index in [0.29, 0.717) is 19.0 Å². The molecule has 0 saturated carbocycles. The van der Waals surface area contributed by atoms with Gasteiger partial charge in [0.05, 0.1) is 4.92 Å². The van der Waals surface area contributed by atoms with Crippen LogP contribution in [0.4, 0.5) is 10.5 Å². The van der Waals surface area contributed by atoms with Crippen LogP contribution in [0.3, 0.4) is 0 Å². The van der Waals surface area contributed by atoms with Gasteiger partial charge >= 0.3 is 6.09 Å². The van der Waals surface area contributed by atoms with Gasteiger partial charge in [-0.1, -0.05) is 0 Å². The Kier molecular flexibility index (Phi) is 4.18. The summed E-state index contributed by atoms with van der Waals surface area (Å²) in [4.78, 5) is 22.8. The number of aryl methyl sites for hydroxylation is 1. The number of piperidine rings is 1. The van der Waals surface area contributed by atoms with Gasteiger partial charge in [0.1, 0.15) is 0 Å². The molecule has 1 saturated heterocycles. The first-order valence-electron chi connectivity index (χ1n) is 7.76. The second-order valence-electron chi connectivity index (χ2n) is 6.01. The molecule has 1 amide bonds. The van der Waals surface area contributed by atoms with Crippen LogP contribution >= 0.6 is 0 Å². The van der Waals surface area contributed by atoms with Crippen LogP contribution in [0.5, 0.6) is 0 Å². The van der Waals surface area contributed by atoms with Crippen molar-refractivity contribution < 1.29 is 14.8 Å². The summed E-state index contributed by atoms with van der Waals surface area (Å²) in [7, 11) is 0. The summed E-state index contributed by atoms with van der Waals surface area (Å²) < 4.78 is 2.11. The standard InChI is InChI=1S/C16H19N3O4/c20-16(21)18-8-4-12(5-9-18)3-7-17-10-6-13-11-14(19(22)23)1-2-15(13)17/h1-2,6,10-12H,3-5,7-9H2,(H,20,21). The fourth-order valence-corrected chi connectivity index (χ4v) is 3.23. The van der Waals surface area contributed by atoms with Gasteiger partial charge in [0, 0.05) is 48.9 Å². The van der Waals surface area contributed by atoms with E-state index in [0.717, 1.165) is 36.7 Å². The molecule has 0 unspecified atom stereocenters. The third kappa shape index (κ3) is 3.28. The van der Waals surface area contributed by atoms with Gasteiger partial charge in [-0.2, -0.15) is 0 Å². The number of aromatic nitrogens is 1. The van der Waals surface area contributed by atoms with Gasteiger partial charge in [-0.15, -0.1) is 0 Å². The lowest BCUT2D eigenvalue weighted by Gasteiger charge is -2.30. The highest BCUT2D eigenvalue weighted by Gasteiger charge is 2.22. The zero-order chi connectivity index (χ0) is 16.4. The molecule has 2 heterocycles. The number of amides is 1. The number of nitrogens with zero attached hydrogens (tertiary/aromatic N) is 3. The van der Waals surface area contributed by atoms with Gasteiger partial charge < -0.3 is 14.6 Å². The molecular formula is C16H19N3O4. The minimum absolute atomic E-state index is 0.108. The molecule has 1 aliphatic rings. The van der Waals surface area contributed by atoms with Crippen molar-refractivity contribution in [2.45, 2.75) is 25.8 Å². The number of non-ortho nitro benzene ring substituents is 1. The molecule has 3 rings (SSSR count). The molecule has 1 fully saturated rings. The van der Waals surface area contributed by atoms with E-state index in [9.17, 15) is 14.9 Å². The number of benzene rings is 1. The maximum atomic E-state index is 10.9. The van der Waals surface area contributed by atoms with Crippen molar-refractivity contribution in [3.8, 4) is 0 Å². The van der Waals surface area contributed by atoms with E-state index in [1.165, 1.54) is 11.0 Å². The summed E-state index contributed by atoms with van der Waals surface area (Å²) in [5.41, 5.74) is 1.11. The summed E-state index contributed by atoms with van der Waals surface area (Å²) in [6.45, 7) is 2.07. The fraction of sp³-hybridized carbons (Fsp3) is 0.438. The van der Waals surface area contributed by atoms with Gasteiger partial charge in [0.25, 0.3) is 5.69 Å². The van der Waals surface area contributed by atoms with E-state index in [-0.39, 0.29) is 10.6 Å². The van der Waals surface area contributed by atoms with Gasteiger partial charge in [-0.25, -0.2) is 4.79 Å². The fourth-order valence-electron chi connectivity index (χ4n) is 3.23. The van der Waals surface area contributed by atoms with Crippen molar-refractivity contribution >= 4 is 22.7 Å². The maximum Gasteiger partial charge on any atom is 0.407 e. The van der Waals surface area contributed by atoms with E-state index in [1.54, 1.807) is 12.1 Å². The quantitative estimate of drug-likeness (QED) is 0.692. The van der Waals surface area contributed by atoms with Crippen LogP contribution in [0.15, 0.2) is 30.5 Å². The molecule has 0 atom stereocenters. The number of nitro groups is 1. The second-order valence-corrected chi connectivity index (χ2v) is 6.01. The number of likely N-dealkylation sites (tertiary alicyclic amines) is 1. The highest BCUT2D eigenvalue weighted by Crippen LogP contribution is 2.25. The Bertz CT molecular complexity index is 732. The molecule has 7 nitrogen and oxygen atoms in total. The van der Waals surface area contributed by atoms with Gasteiger partial charge in [-0.05, 0) is 37.3 Å². The number of rotatable bonds is 4.